The number of aromatic nitrogens is 1. The van der Waals surface area contributed by atoms with Gasteiger partial charge in [-0.15, -0.1) is 11.3 Å². The Morgan fingerprint density at radius 1 is 0.596 bits per heavy atom. The number of allylic oxidation sites excluding steroid dienone is 2. The fourth-order valence-corrected chi connectivity index (χ4v) is 10.7. The molecular formula is C51H36N4OS. The van der Waals surface area contributed by atoms with E-state index in [4.69, 9.17) is 9.73 Å². The normalized spacial score (nSPS) is 19.9. The van der Waals surface area contributed by atoms with Crippen LogP contribution in [0.4, 0.5) is 0 Å². The molecule has 0 saturated heterocycles. The number of benzene rings is 7. The fourth-order valence-electron chi connectivity index (χ4n) is 9.35. The van der Waals surface area contributed by atoms with E-state index in [1.165, 1.54) is 64.4 Å². The molecule has 9 aromatic rings. The molecular weight excluding hydrogens is 717 g/mol. The standard InChI is InChI=1S/C51H36N4OS/c1-3-15-31(16-4-1)49-52-50(32-17-5-2-6-18-32)54-51(53-49)40-26-12-25-39-45-35(21-14-30-44(45)56-46(39)40)36-22-11-23-37-38-24-13-29-43(48(38)57-47(36)37)55-41-27-9-7-19-33(41)34-20-8-10-28-42(34)55/h1-30,44-45,49,51,53H,(H,52,54). The molecule has 7 aromatic carbocycles. The SMILES string of the molecule is C1=CC2Oc3c(C4NC(c5ccccc5)=NC(c5ccccc5)N4)cccc3C2C(c2cccc3c2sc2c(-n4c5ccccc5c5ccccc54)cccc23)=C1. The summed E-state index contributed by atoms with van der Waals surface area (Å²) in [5.74, 6) is 1.85. The zero-order chi connectivity index (χ0) is 37.5. The average molecular weight is 753 g/mol. The lowest BCUT2D eigenvalue weighted by molar-refractivity contribution is 0.265. The van der Waals surface area contributed by atoms with Gasteiger partial charge in [0.2, 0.25) is 0 Å². The number of thiophene rings is 1. The fraction of sp³-hybridized carbons (Fsp3) is 0.0784. The lowest BCUT2D eigenvalue weighted by Crippen LogP contribution is -2.45. The van der Waals surface area contributed by atoms with Crippen molar-refractivity contribution in [1.82, 2.24) is 15.2 Å². The first kappa shape index (κ1) is 32.5. The highest BCUT2D eigenvalue weighted by Gasteiger charge is 2.41. The number of amidine groups is 1. The minimum Gasteiger partial charge on any atom is -0.485 e. The van der Waals surface area contributed by atoms with Crippen LogP contribution in [-0.2, 0) is 0 Å². The molecule has 6 heteroatoms. The summed E-state index contributed by atoms with van der Waals surface area (Å²) in [5.41, 5.74) is 10.7. The number of nitrogens with zero attached hydrogens (tertiary/aromatic N) is 2. The van der Waals surface area contributed by atoms with E-state index >= 15 is 0 Å². The van der Waals surface area contributed by atoms with Crippen LogP contribution < -0.4 is 15.4 Å². The Labute approximate surface area is 333 Å². The number of ether oxygens (including phenoxy) is 1. The van der Waals surface area contributed by atoms with Crippen LogP contribution in [0.1, 0.15) is 46.1 Å². The minimum absolute atomic E-state index is 0.0494. The molecule has 2 N–H and O–H groups in total. The van der Waals surface area contributed by atoms with Crippen molar-refractivity contribution in [3.63, 3.8) is 0 Å². The number of hydrogen-bond acceptors (Lipinski definition) is 5. The van der Waals surface area contributed by atoms with Gasteiger partial charge in [0.1, 0.15) is 30.0 Å². The molecule has 5 nitrogen and oxygen atoms in total. The lowest BCUT2D eigenvalue weighted by atomic mass is 9.80. The summed E-state index contributed by atoms with van der Waals surface area (Å²) in [7, 11) is 0. The van der Waals surface area contributed by atoms with Gasteiger partial charge in [0, 0.05) is 42.9 Å². The van der Waals surface area contributed by atoms with Crippen LogP contribution in [0, 0.1) is 0 Å². The van der Waals surface area contributed by atoms with Crippen LogP contribution in [0.15, 0.2) is 187 Å². The molecule has 0 radical (unpaired) electrons. The average Bonchev–Trinajstić information content (AvgIpc) is 3.97. The van der Waals surface area contributed by atoms with E-state index in [-0.39, 0.29) is 24.4 Å². The van der Waals surface area contributed by atoms with E-state index in [2.05, 4.69) is 185 Å². The first-order valence-electron chi connectivity index (χ1n) is 19.6. The maximum Gasteiger partial charge on any atom is 0.131 e. The number of aliphatic imine (C=N–C) groups is 1. The van der Waals surface area contributed by atoms with Crippen molar-refractivity contribution in [2.24, 2.45) is 4.99 Å². The summed E-state index contributed by atoms with van der Waals surface area (Å²) < 4.78 is 12.0. The molecule has 272 valence electrons. The predicted molar refractivity (Wildman–Crippen MR) is 236 cm³/mol. The molecule has 1 aliphatic carbocycles. The lowest BCUT2D eigenvalue weighted by Gasteiger charge is -2.32. The molecule has 0 spiro atoms. The van der Waals surface area contributed by atoms with Gasteiger partial charge in [0.15, 0.2) is 0 Å². The van der Waals surface area contributed by atoms with E-state index in [0.29, 0.717) is 0 Å². The van der Waals surface area contributed by atoms with Gasteiger partial charge in [0.25, 0.3) is 0 Å². The van der Waals surface area contributed by atoms with Gasteiger partial charge in [-0.25, -0.2) is 4.99 Å². The van der Waals surface area contributed by atoms with Crippen LogP contribution in [0.25, 0.3) is 53.2 Å². The largest absolute Gasteiger partial charge is 0.485 e. The van der Waals surface area contributed by atoms with Crippen molar-refractivity contribution in [2.45, 2.75) is 24.4 Å². The van der Waals surface area contributed by atoms with Gasteiger partial charge in [-0.3, -0.25) is 5.32 Å². The van der Waals surface area contributed by atoms with Gasteiger partial charge in [-0.2, -0.15) is 0 Å². The molecule has 4 unspecified atom stereocenters. The monoisotopic (exact) mass is 752 g/mol. The molecule has 2 aromatic heterocycles. The Morgan fingerprint density at radius 3 is 2.04 bits per heavy atom. The van der Waals surface area contributed by atoms with Crippen LogP contribution in [-0.4, -0.2) is 16.5 Å². The van der Waals surface area contributed by atoms with E-state index in [0.717, 1.165) is 28.3 Å². The maximum absolute atomic E-state index is 7.00. The predicted octanol–water partition coefficient (Wildman–Crippen LogP) is 12.0. The summed E-state index contributed by atoms with van der Waals surface area (Å²) in [6.07, 6.45) is 6.15. The Morgan fingerprint density at radius 2 is 1.25 bits per heavy atom. The number of fused-ring (bicyclic) bond motifs is 9. The van der Waals surface area contributed by atoms with Gasteiger partial charge in [-0.1, -0.05) is 158 Å². The van der Waals surface area contributed by atoms with Crippen LogP contribution >= 0.6 is 11.3 Å². The van der Waals surface area contributed by atoms with Crippen molar-refractivity contribution in [3.05, 3.63) is 210 Å². The number of hydrogen-bond donors (Lipinski definition) is 2. The van der Waals surface area contributed by atoms with E-state index in [1.54, 1.807) is 0 Å². The first-order valence-corrected chi connectivity index (χ1v) is 20.4. The van der Waals surface area contributed by atoms with Crippen molar-refractivity contribution in [3.8, 4) is 11.4 Å². The van der Waals surface area contributed by atoms with Gasteiger partial charge in [-0.05, 0) is 41.0 Å². The third kappa shape index (κ3) is 5.08. The Kier molecular flexibility index (Phi) is 7.37. The minimum atomic E-state index is -0.222. The van der Waals surface area contributed by atoms with E-state index in [9.17, 15) is 0 Å². The quantitative estimate of drug-likeness (QED) is 0.184. The summed E-state index contributed by atoms with van der Waals surface area (Å²) in [6, 6.07) is 58.6. The zero-order valence-corrected chi connectivity index (χ0v) is 31.7. The first-order chi connectivity index (χ1) is 28.3. The number of rotatable bonds is 5. The molecule has 3 aliphatic rings. The second kappa shape index (κ2) is 12.9. The zero-order valence-electron chi connectivity index (χ0n) is 30.8. The van der Waals surface area contributed by atoms with Gasteiger partial charge < -0.3 is 14.6 Å². The van der Waals surface area contributed by atoms with Crippen LogP contribution in [0.2, 0.25) is 0 Å². The Balaban J connectivity index is 0.969. The second-order valence-electron chi connectivity index (χ2n) is 15.0. The van der Waals surface area contributed by atoms with E-state index in [1.807, 2.05) is 23.5 Å². The van der Waals surface area contributed by atoms with Crippen LogP contribution in [0.5, 0.6) is 5.75 Å². The highest BCUT2D eigenvalue weighted by atomic mass is 32.1. The van der Waals surface area contributed by atoms with E-state index < -0.39 is 0 Å². The van der Waals surface area contributed by atoms with Crippen molar-refractivity contribution in [2.75, 3.05) is 0 Å². The second-order valence-corrected chi connectivity index (χ2v) is 16.1. The molecule has 0 saturated carbocycles. The third-order valence-electron chi connectivity index (χ3n) is 11.9. The summed E-state index contributed by atoms with van der Waals surface area (Å²) >= 11 is 1.90. The summed E-state index contributed by atoms with van der Waals surface area (Å²) in [6.45, 7) is 0. The Bertz CT molecular complexity index is 3090. The topological polar surface area (TPSA) is 50.6 Å². The number of nitrogens with one attached hydrogen (secondary N) is 2. The van der Waals surface area contributed by atoms with Crippen molar-refractivity contribution >= 4 is 64.7 Å². The molecule has 2 aliphatic heterocycles. The van der Waals surface area contributed by atoms with Crippen molar-refractivity contribution < 1.29 is 4.74 Å². The summed E-state index contributed by atoms with van der Waals surface area (Å²) in [5, 5.41) is 12.7. The number of para-hydroxylation sites is 3. The summed E-state index contributed by atoms with van der Waals surface area (Å²) in [4.78, 5) is 5.15. The van der Waals surface area contributed by atoms with Crippen LogP contribution in [0.3, 0.4) is 0 Å². The molecule has 4 atom stereocenters. The third-order valence-corrected chi connectivity index (χ3v) is 13.2. The highest BCUT2D eigenvalue weighted by Crippen LogP contribution is 2.53. The molecule has 4 heterocycles. The van der Waals surface area contributed by atoms with Gasteiger partial charge >= 0.3 is 0 Å². The smallest absolute Gasteiger partial charge is 0.131 e. The maximum atomic E-state index is 7.00. The highest BCUT2D eigenvalue weighted by molar-refractivity contribution is 7.26. The molecule has 0 fully saturated rings. The van der Waals surface area contributed by atoms with Gasteiger partial charge in [0.05, 0.1) is 27.3 Å². The molecule has 0 amide bonds. The molecule has 57 heavy (non-hydrogen) atoms. The molecule has 12 rings (SSSR count). The van der Waals surface area contributed by atoms with Crippen molar-refractivity contribution in [1.29, 1.82) is 0 Å². The molecule has 0 bridgehead atoms. The Hall–Kier alpha value is -6.73.